The average Bonchev–Trinajstić information content (AvgIpc) is 3.20. The fourth-order valence-electron chi connectivity index (χ4n) is 3.70. The van der Waals surface area contributed by atoms with Crippen LogP contribution in [0.25, 0.3) is 10.9 Å². The van der Waals surface area contributed by atoms with Gasteiger partial charge in [-0.05, 0) is 24.5 Å². The molecule has 0 bridgehead atoms. The Morgan fingerprint density at radius 3 is 2.90 bits per heavy atom. The van der Waals surface area contributed by atoms with Crippen molar-refractivity contribution in [1.29, 1.82) is 5.26 Å². The van der Waals surface area contributed by atoms with Gasteiger partial charge in [-0.3, -0.25) is 9.59 Å². The quantitative estimate of drug-likeness (QED) is 0.649. The Morgan fingerprint density at radius 1 is 1.34 bits per heavy atom. The molecular formula is C20H20N6O3. The highest BCUT2D eigenvalue weighted by Gasteiger charge is 2.24. The summed E-state index contributed by atoms with van der Waals surface area (Å²) in [7, 11) is 3.06. The van der Waals surface area contributed by atoms with E-state index in [9.17, 15) is 14.9 Å². The minimum Gasteiger partial charge on any atom is -0.480 e. The second-order valence-electron chi connectivity index (χ2n) is 7.14. The van der Waals surface area contributed by atoms with Crippen LogP contribution < -0.4 is 20.8 Å². The normalized spacial score (nSPS) is 16.2. The van der Waals surface area contributed by atoms with Crippen molar-refractivity contribution in [3.05, 3.63) is 56.9 Å². The lowest BCUT2D eigenvalue weighted by atomic mass is 10.1. The van der Waals surface area contributed by atoms with E-state index in [0.717, 1.165) is 25.2 Å². The molecule has 0 aromatic carbocycles. The third kappa shape index (κ3) is 3.45. The summed E-state index contributed by atoms with van der Waals surface area (Å²) in [6.07, 6.45) is 4.32. The van der Waals surface area contributed by atoms with Crippen LogP contribution in [-0.2, 0) is 13.6 Å². The maximum absolute atomic E-state index is 12.9. The van der Waals surface area contributed by atoms with E-state index in [0.29, 0.717) is 17.4 Å². The predicted octanol–water partition coefficient (Wildman–Crippen LogP) is 0.897. The number of fused-ring (bicyclic) bond motifs is 1. The molecule has 1 aliphatic rings. The van der Waals surface area contributed by atoms with E-state index in [-0.39, 0.29) is 28.5 Å². The lowest BCUT2D eigenvalue weighted by molar-refractivity contribution is 0.398. The zero-order valence-electron chi connectivity index (χ0n) is 16.2. The van der Waals surface area contributed by atoms with Gasteiger partial charge in [0.2, 0.25) is 5.88 Å². The molecule has 0 spiro atoms. The van der Waals surface area contributed by atoms with Gasteiger partial charge in [-0.1, -0.05) is 0 Å². The van der Waals surface area contributed by atoms with Crippen LogP contribution in [0.3, 0.4) is 0 Å². The maximum atomic E-state index is 12.9. The Bertz CT molecular complexity index is 1240. The highest BCUT2D eigenvalue weighted by atomic mass is 16.5. The number of rotatable bonds is 4. The highest BCUT2D eigenvalue weighted by molar-refractivity contribution is 5.79. The molecule has 9 heteroatoms. The molecule has 1 fully saturated rings. The van der Waals surface area contributed by atoms with E-state index in [1.54, 1.807) is 36.1 Å². The van der Waals surface area contributed by atoms with Gasteiger partial charge in [-0.2, -0.15) is 10.4 Å². The number of nitrogens with zero attached hydrogens (tertiary/aromatic N) is 6. The third-order valence-corrected chi connectivity index (χ3v) is 5.29. The molecule has 0 aliphatic carbocycles. The second-order valence-corrected chi connectivity index (χ2v) is 7.14. The van der Waals surface area contributed by atoms with Gasteiger partial charge >= 0.3 is 0 Å². The van der Waals surface area contributed by atoms with Gasteiger partial charge < -0.3 is 14.2 Å². The number of pyridine rings is 2. The van der Waals surface area contributed by atoms with Gasteiger partial charge in [0.15, 0.2) is 0 Å². The maximum Gasteiger partial charge on any atom is 0.268 e. The van der Waals surface area contributed by atoms with E-state index in [1.165, 1.54) is 17.9 Å². The molecule has 3 aromatic heterocycles. The van der Waals surface area contributed by atoms with Crippen molar-refractivity contribution in [3.63, 3.8) is 0 Å². The molecule has 9 nitrogen and oxygen atoms in total. The second kappa shape index (κ2) is 7.39. The zero-order chi connectivity index (χ0) is 20.5. The van der Waals surface area contributed by atoms with Gasteiger partial charge in [0.05, 0.1) is 29.9 Å². The number of ether oxygens (including phenoxy) is 1. The first-order valence-corrected chi connectivity index (χ1v) is 9.26. The smallest absolute Gasteiger partial charge is 0.268 e. The largest absolute Gasteiger partial charge is 0.480 e. The molecular weight excluding hydrogens is 372 g/mol. The molecule has 148 valence electrons. The molecule has 1 saturated heterocycles. The lowest BCUT2D eigenvalue weighted by Gasteiger charge is -2.18. The van der Waals surface area contributed by atoms with Crippen LogP contribution in [0.5, 0.6) is 5.88 Å². The van der Waals surface area contributed by atoms with Crippen molar-refractivity contribution in [2.45, 2.75) is 13.0 Å². The van der Waals surface area contributed by atoms with Crippen molar-refractivity contribution in [2.75, 3.05) is 25.1 Å². The Labute approximate surface area is 166 Å². The summed E-state index contributed by atoms with van der Waals surface area (Å²) in [6.45, 7) is 2.10. The lowest BCUT2D eigenvalue weighted by Crippen LogP contribution is -2.27. The zero-order valence-corrected chi connectivity index (χ0v) is 16.2. The van der Waals surface area contributed by atoms with E-state index in [2.05, 4.69) is 15.0 Å². The Hall–Kier alpha value is -3.67. The number of hydrogen-bond acceptors (Lipinski definition) is 7. The van der Waals surface area contributed by atoms with Crippen molar-refractivity contribution in [2.24, 2.45) is 13.0 Å². The molecule has 29 heavy (non-hydrogen) atoms. The molecule has 0 N–H and O–H groups in total. The average molecular weight is 392 g/mol. The van der Waals surface area contributed by atoms with E-state index in [1.807, 2.05) is 6.07 Å². The minimum atomic E-state index is -0.178. The predicted molar refractivity (Wildman–Crippen MR) is 107 cm³/mol. The minimum absolute atomic E-state index is 0.145. The van der Waals surface area contributed by atoms with E-state index in [4.69, 9.17) is 4.74 Å². The Balaban J connectivity index is 1.57. The van der Waals surface area contributed by atoms with Gasteiger partial charge in [0.25, 0.3) is 11.1 Å². The van der Waals surface area contributed by atoms with Gasteiger partial charge in [-0.15, -0.1) is 0 Å². The molecule has 0 radical (unpaired) electrons. The van der Waals surface area contributed by atoms with Crippen LogP contribution in [0.4, 0.5) is 5.69 Å². The standard InChI is InChI=1S/C20H20N6O3/c1-24-18(27)8-15(10-22-24)25-5-3-13(11-25)12-26-6-4-17-16(20(26)28)7-14(9-21)19(23-17)29-2/h4,6-8,10,13H,3,5,11-12H2,1-2H3/t13-/m0/s1. The van der Waals surface area contributed by atoms with E-state index < -0.39 is 0 Å². The Morgan fingerprint density at radius 2 is 2.17 bits per heavy atom. The summed E-state index contributed by atoms with van der Waals surface area (Å²) < 4.78 is 8.07. The summed E-state index contributed by atoms with van der Waals surface area (Å²) in [5.41, 5.74) is 1.22. The van der Waals surface area contributed by atoms with Gasteiger partial charge in [0.1, 0.15) is 11.6 Å². The van der Waals surface area contributed by atoms with Crippen molar-refractivity contribution >= 4 is 16.6 Å². The van der Waals surface area contributed by atoms with Crippen molar-refractivity contribution in [1.82, 2.24) is 19.3 Å². The molecule has 4 rings (SSSR count). The first kappa shape index (κ1) is 18.7. The van der Waals surface area contributed by atoms with E-state index >= 15 is 0 Å². The van der Waals surface area contributed by atoms with Gasteiger partial charge in [0, 0.05) is 38.9 Å². The van der Waals surface area contributed by atoms with Crippen molar-refractivity contribution in [3.8, 4) is 11.9 Å². The number of aromatic nitrogens is 4. The molecule has 0 saturated carbocycles. The molecule has 0 unspecified atom stereocenters. The first-order chi connectivity index (χ1) is 14.0. The fourth-order valence-corrected chi connectivity index (χ4v) is 3.70. The summed E-state index contributed by atoms with van der Waals surface area (Å²) >= 11 is 0. The monoisotopic (exact) mass is 392 g/mol. The molecule has 1 aliphatic heterocycles. The summed E-state index contributed by atoms with van der Waals surface area (Å²) in [5, 5.41) is 13.7. The van der Waals surface area contributed by atoms with Gasteiger partial charge in [-0.25, -0.2) is 9.67 Å². The molecule has 1 atom stereocenters. The number of hydrogen-bond donors (Lipinski definition) is 0. The fraction of sp³-hybridized carbons (Fsp3) is 0.350. The number of methoxy groups -OCH3 is 1. The van der Waals surface area contributed by atoms with Crippen LogP contribution >= 0.6 is 0 Å². The third-order valence-electron chi connectivity index (χ3n) is 5.29. The Kier molecular flexibility index (Phi) is 4.76. The SMILES string of the molecule is COc1nc2ccn(C[C@H]3CCN(c4cnn(C)c(=O)c4)C3)c(=O)c2cc1C#N. The van der Waals surface area contributed by atoms with Crippen LogP contribution in [-0.4, -0.2) is 39.5 Å². The first-order valence-electron chi connectivity index (χ1n) is 9.26. The van der Waals surface area contributed by atoms with Crippen LogP contribution in [0.2, 0.25) is 0 Å². The number of aryl methyl sites for hydroxylation is 1. The highest BCUT2D eigenvalue weighted by Crippen LogP contribution is 2.24. The molecule has 0 amide bonds. The van der Waals surface area contributed by atoms with Crippen LogP contribution in [0, 0.1) is 17.2 Å². The topological polar surface area (TPSA) is 106 Å². The summed E-state index contributed by atoms with van der Waals surface area (Å²) in [5.74, 6) is 0.474. The van der Waals surface area contributed by atoms with Crippen LogP contribution in [0.15, 0.2) is 40.2 Å². The summed E-state index contributed by atoms with van der Waals surface area (Å²) in [6, 6.07) is 6.89. The van der Waals surface area contributed by atoms with Crippen molar-refractivity contribution < 1.29 is 4.74 Å². The molecule has 4 heterocycles. The summed E-state index contributed by atoms with van der Waals surface area (Å²) in [4.78, 5) is 31.1. The van der Waals surface area contributed by atoms with Crippen LogP contribution in [0.1, 0.15) is 12.0 Å². The number of anilines is 1. The molecule has 3 aromatic rings. The number of nitriles is 1.